The summed E-state index contributed by atoms with van der Waals surface area (Å²) in [5.41, 5.74) is 3.86. The fourth-order valence-corrected chi connectivity index (χ4v) is 3.95. The Kier molecular flexibility index (Phi) is 6.46. The van der Waals surface area contributed by atoms with Crippen molar-refractivity contribution in [3.63, 3.8) is 0 Å². The van der Waals surface area contributed by atoms with E-state index in [-0.39, 0.29) is 10.7 Å². The molecule has 3 aromatic rings. The molecular formula is C26H20Cl2N2O4. The molecule has 34 heavy (non-hydrogen) atoms. The lowest BCUT2D eigenvalue weighted by atomic mass is 10.1. The number of benzene rings is 3. The van der Waals surface area contributed by atoms with Gasteiger partial charge in [-0.15, -0.1) is 0 Å². The van der Waals surface area contributed by atoms with Crippen LogP contribution in [0.25, 0.3) is 0 Å². The second-order valence-corrected chi connectivity index (χ2v) is 8.77. The summed E-state index contributed by atoms with van der Waals surface area (Å²) in [6, 6.07) is 16.7. The number of carbonyl (C=O) groups excluding carboxylic acids is 3. The standard InChI is InChI=1S/C26H20Cl2N2O4/c1-14-10-15(2)12-20(11-14)34-26(33)17-5-7-18(8-6-17)29-23-22(28)24(31)30(25(23)32)19-9-4-16(3)21(27)13-19/h4-13,29H,1-3H3. The van der Waals surface area contributed by atoms with Gasteiger partial charge in [0.1, 0.15) is 16.5 Å². The van der Waals surface area contributed by atoms with E-state index in [1.54, 1.807) is 48.5 Å². The quantitative estimate of drug-likeness (QED) is 0.270. The highest BCUT2D eigenvalue weighted by atomic mass is 35.5. The van der Waals surface area contributed by atoms with Crippen LogP contribution in [0.4, 0.5) is 11.4 Å². The summed E-state index contributed by atoms with van der Waals surface area (Å²) >= 11 is 12.3. The molecule has 3 aromatic carbocycles. The number of imide groups is 1. The fourth-order valence-electron chi connectivity index (χ4n) is 3.56. The molecule has 1 N–H and O–H groups in total. The monoisotopic (exact) mass is 494 g/mol. The molecule has 2 amide bonds. The zero-order chi connectivity index (χ0) is 24.6. The highest BCUT2D eigenvalue weighted by Gasteiger charge is 2.39. The second-order valence-electron chi connectivity index (χ2n) is 7.98. The van der Waals surface area contributed by atoms with E-state index in [0.717, 1.165) is 21.6 Å². The van der Waals surface area contributed by atoms with Gasteiger partial charge in [0, 0.05) is 10.7 Å². The third-order valence-corrected chi connectivity index (χ3v) is 5.99. The maximum atomic E-state index is 12.9. The lowest BCUT2D eigenvalue weighted by molar-refractivity contribution is -0.120. The van der Waals surface area contributed by atoms with Crippen LogP contribution in [0.1, 0.15) is 27.0 Å². The second kappa shape index (κ2) is 9.33. The number of hydrogen-bond donors (Lipinski definition) is 1. The SMILES string of the molecule is Cc1cc(C)cc(OC(=O)c2ccc(NC3=C(Cl)C(=O)N(c4ccc(C)c(Cl)c4)C3=O)cc2)c1. The predicted octanol–water partition coefficient (Wildman–Crippen LogP) is 5.92. The first-order chi connectivity index (χ1) is 16.1. The number of halogens is 2. The van der Waals surface area contributed by atoms with E-state index in [2.05, 4.69) is 5.32 Å². The zero-order valence-corrected chi connectivity index (χ0v) is 20.1. The number of nitrogens with one attached hydrogen (secondary N) is 1. The van der Waals surface area contributed by atoms with Gasteiger partial charge in [0.05, 0.1) is 11.3 Å². The molecule has 4 rings (SSSR count). The minimum atomic E-state index is -0.650. The van der Waals surface area contributed by atoms with Gasteiger partial charge in [-0.05, 0) is 86.0 Å². The number of esters is 1. The number of carbonyl (C=O) groups is 3. The molecule has 0 saturated carbocycles. The van der Waals surface area contributed by atoms with Crippen molar-refractivity contribution in [1.29, 1.82) is 0 Å². The van der Waals surface area contributed by atoms with E-state index in [1.807, 2.05) is 26.8 Å². The summed E-state index contributed by atoms with van der Waals surface area (Å²) in [6.45, 7) is 5.67. The van der Waals surface area contributed by atoms with Crippen molar-refractivity contribution in [2.75, 3.05) is 10.2 Å². The summed E-state index contributed by atoms with van der Waals surface area (Å²) in [6.07, 6.45) is 0. The van der Waals surface area contributed by atoms with Gasteiger partial charge in [0.15, 0.2) is 0 Å². The molecule has 6 nitrogen and oxygen atoms in total. The van der Waals surface area contributed by atoms with Gasteiger partial charge in [0.2, 0.25) is 0 Å². The molecule has 0 bridgehead atoms. The van der Waals surface area contributed by atoms with Crippen molar-refractivity contribution < 1.29 is 19.1 Å². The van der Waals surface area contributed by atoms with Gasteiger partial charge in [-0.25, -0.2) is 9.69 Å². The number of anilines is 2. The Morgan fingerprint density at radius 1 is 0.853 bits per heavy atom. The Morgan fingerprint density at radius 2 is 1.50 bits per heavy atom. The summed E-state index contributed by atoms with van der Waals surface area (Å²) in [4.78, 5) is 39.1. The van der Waals surface area contributed by atoms with Crippen molar-refractivity contribution in [3.05, 3.63) is 98.7 Å². The van der Waals surface area contributed by atoms with Crippen LogP contribution in [0.5, 0.6) is 5.75 Å². The molecule has 0 radical (unpaired) electrons. The number of aryl methyl sites for hydroxylation is 3. The molecule has 0 aliphatic carbocycles. The molecule has 172 valence electrons. The number of rotatable bonds is 5. The first kappa shape index (κ1) is 23.5. The molecule has 0 aromatic heterocycles. The van der Waals surface area contributed by atoms with Crippen LogP contribution in [0.2, 0.25) is 5.02 Å². The summed E-state index contributed by atoms with van der Waals surface area (Å²) in [5.74, 6) is -1.30. The van der Waals surface area contributed by atoms with Crippen molar-refractivity contribution in [2.24, 2.45) is 0 Å². The molecule has 1 aliphatic heterocycles. The highest BCUT2D eigenvalue weighted by molar-refractivity contribution is 6.53. The Hall–Kier alpha value is -3.61. The number of ether oxygens (including phenoxy) is 1. The van der Waals surface area contributed by atoms with Crippen LogP contribution >= 0.6 is 23.2 Å². The van der Waals surface area contributed by atoms with Crippen molar-refractivity contribution in [2.45, 2.75) is 20.8 Å². The average molecular weight is 495 g/mol. The van der Waals surface area contributed by atoms with E-state index < -0.39 is 17.8 Å². The molecule has 0 fully saturated rings. The van der Waals surface area contributed by atoms with E-state index in [1.165, 1.54) is 6.07 Å². The largest absolute Gasteiger partial charge is 0.423 e. The van der Waals surface area contributed by atoms with Crippen LogP contribution in [-0.4, -0.2) is 17.8 Å². The summed E-state index contributed by atoms with van der Waals surface area (Å²) in [5, 5.41) is 3.07. The Bertz CT molecular complexity index is 1340. The maximum Gasteiger partial charge on any atom is 0.343 e. The molecule has 1 aliphatic rings. The van der Waals surface area contributed by atoms with E-state index >= 15 is 0 Å². The smallest absolute Gasteiger partial charge is 0.343 e. The van der Waals surface area contributed by atoms with Crippen LogP contribution in [0.15, 0.2) is 71.4 Å². The third kappa shape index (κ3) is 4.69. The first-order valence-electron chi connectivity index (χ1n) is 10.4. The molecule has 8 heteroatoms. The Balaban J connectivity index is 1.49. The molecule has 0 unspecified atom stereocenters. The topological polar surface area (TPSA) is 75.7 Å². The van der Waals surface area contributed by atoms with Gasteiger partial charge < -0.3 is 10.1 Å². The molecule has 1 heterocycles. The zero-order valence-electron chi connectivity index (χ0n) is 18.6. The Morgan fingerprint density at radius 3 is 2.12 bits per heavy atom. The van der Waals surface area contributed by atoms with Crippen molar-refractivity contribution >= 4 is 52.4 Å². The first-order valence-corrected chi connectivity index (χ1v) is 11.1. The highest BCUT2D eigenvalue weighted by Crippen LogP contribution is 2.32. The number of hydrogen-bond acceptors (Lipinski definition) is 5. The molecule has 0 spiro atoms. The van der Waals surface area contributed by atoms with Gasteiger partial charge in [-0.1, -0.05) is 35.3 Å². The van der Waals surface area contributed by atoms with E-state index in [9.17, 15) is 14.4 Å². The van der Waals surface area contributed by atoms with E-state index in [4.69, 9.17) is 27.9 Å². The normalized spacial score (nSPS) is 13.5. The van der Waals surface area contributed by atoms with Crippen LogP contribution < -0.4 is 15.0 Å². The molecule has 0 atom stereocenters. The molecular weight excluding hydrogens is 475 g/mol. The van der Waals surface area contributed by atoms with Crippen LogP contribution in [0, 0.1) is 20.8 Å². The lowest BCUT2D eigenvalue weighted by Gasteiger charge is -2.16. The summed E-state index contributed by atoms with van der Waals surface area (Å²) in [7, 11) is 0. The van der Waals surface area contributed by atoms with Gasteiger partial charge in [-0.2, -0.15) is 0 Å². The van der Waals surface area contributed by atoms with Gasteiger partial charge >= 0.3 is 5.97 Å². The average Bonchev–Trinajstić information content (AvgIpc) is 2.98. The minimum absolute atomic E-state index is 0.0612. The maximum absolute atomic E-state index is 12.9. The predicted molar refractivity (Wildman–Crippen MR) is 133 cm³/mol. The van der Waals surface area contributed by atoms with Gasteiger partial charge in [-0.3, -0.25) is 9.59 Å². The van der Waals surface area contributed by atoms with Crippen LogP contribution in [-0.2, 0) is 9.59 Å². The van der Waals surface area contributed by atoms with Crippen LogP contribution in [0.3, 0.4) is 0 Å². The molecule has 0 saturated heterocycles. The van der Waals surface area contributed by atoms with Crippen molar-refractivity contribution in [3.8, 4) is 5.75 Å². The number of nitrogens with zero attached hydrogens (tertiary/aromatic N) is 1. The number of amides is 2. The van der Waals surface area contributed by atoms with Crippen molar-refractivity contribution in [1.82, 2.24) is 0 Å². The lowest BCUT2D eigenvalue weighted by Crippen LogP contribution is -2.32. The summed E-state index contributed by atoms with van der Waals surface area (Å²) < 4.78 is 5.46. The Labute approximate surface area is 206 Å². The minimum Gasteiger partial charge on any atom is -0.423 e. The van der Waals surface area contributed by atoms with E-state index in [0.29, 0.717) is 27.7 Å². The third-order valence-electron chi connectivity index (χ3n) is 5.24. The van der Waals surface area contributed by atoms with Gasteiger partial charge in [0.25, 0.3) is 11.8 Å². The fraction of sp³-hybridized carbons (Fsp3) is 0.115.